The van der Waals surface area contributed by atoms with E-state index >= 15 is 0 Å². The topological polar surface area (TPSA) is 37.4 Å². The van der Waals surface area contributed by atoms with E-state index < -0.39 is 10.8 Å². The van der Waals surface area contributed by atoms with Crippen LogP contribution >= 0.6 is 0 Å². The van der Waals surface area contributed by atoms with Gasteiger partial charge in [-0.3, -0.25) is 9.00 Å². The van der Waals surface area contributed by atoms with E-state index in [2.05, 4.69) is 0 Å². The van der Waals surface area contributed by atoms with E-state index in [1.165, 1.54) is 0 Å². The van der Waals surface area contributed by atoms with Gasteiger partial charge in [-0.15, -0.1) is 0 Å². The largest absolute Gasteiger partial charge is 0.327 e. The standard InChI is InChI=1S/C6H9NO2S/c8-5-4-6-7(5)2-1-3-10(6)9/h6H,1-4H2/t6-,10?/m1/s1. The first-order chi connectivity index (χ1) is 4.79. The lowest BCUT2D eigenvalue weighted by Gasteiger charge is -2.42. The summed E-state index contributed by atoms with van der Waals surface area (Å²) >= 11 is 0. The number of rotatable bonds is 0. The van der Waals surface area contributed by atoms with Crippen molar-refractivity contribution in [3.8, 4) is 0 Å². The highest BCUT2D eigenvalue weighted by molar-refractivity contribution is 7.85. The molecule has 3 nitrogen and oxygen atoms in total. The number of hydrogen-bond donors (Lipinski definition) is 0. The molecule has 10 heavy (non-hydrogen) atoms. The molecule has 1 amide bonds. The Morgan fingerprint density at radius 2 is 2.40 bits per heavy atom. The van der Waals surface area contributed by atoms with Crippen LogP contribution in [0.5, 0.6) is 0 Å². The van der Waals surface area contributed by atoms with Crippen LogP contribution in [0.2, 0.25) is 0 Å². The average Bonchev–Trinajstić information content (AvgIpc) is 1.91. The van der Waals surface area contributed by atoms with Gasteiger partial charge in [0.25, 0.3) is 0 Å². The van der Waals surface area contributed by atoms with Gasteiger partial charge in [0.1, 0.15) is 5.37 Å². The monoisotopic (exact) mass is 159 g/mol. The van der Waals surface area contributed by atoms with Gasteiger partial charge in [0.05, 0.1) is 6.42 Å². The van der Waals surface area contributed by atoms with Crippen molar-refractivity contribution in [2.45, 2.75) is 18.2 Å². The zero-order chi connectivity index (χ0) is 7.14. The summed E-state index contributed by atoms with van der Waals surface area (Å²) in [5.41, 5.74) is 0. The van der Waals surface area contributed by atoms with Crippen molar-refractivity contribution in [1.29, 1.82) is 0 Å². The maximum absolute atomic E-state index is 11.1. The van der Waals surface area contributed by atoms with Crippen molar-refractivity contribution >= 4 is 16.7 Å². The SMILES string of the molecule is O=C1C[C@@H]2N1CCCS2=O. The molecule has 0 radical (unpaired) electrons. The smallest absolute Gasteiger partial charge is 0.226 e. The molecule has 2 rings (SSSR count). The Bertz CT molecular complexity index is 204. The molecule has 2 atom stereocenters. The number of β-lactam (4-membered cyclic amide) rings is 1. The van der Waals surface area contributed by atoms with Crippen molar-refractivity contribution in [3.63, 3.8) is 0 Å². The number of amides is 1. The first-order valence-corrected chi connectivity index (χ1v) is 4.84. The lowest BCUT2D eigenvalue weighted by atomic mass is 10.2. The van der Waals surface area contributed by atoms with Gasteiger partial charge in [0, 0.05) is 23.1 Å². The molecule has 2 aliphatic rings. The van der Waals surface area contributed by atoms with E-state index in [0.717, 1.165) is 18.7 Å². The summed E-state index contributed by atoms with van der Waals surface area (Å²) in [5, 5.41) is 0.0845. The maximum atomic E-state index is 11.1. The second kappa shape index (κ2) is 2.05. The number of carbonyl (C=O) groups excluding carboxylic acids is 1. The van der Waals surface area contributed by atoms with Gasteiger partial charge < -0.3 is 4.90 Å². The van der Waals surface area contributed by atoms with E-state index in [9.17, 15) is 9.00 Å². The number of fused-ring (bicyclic) bond motifs is 1. The fourth-order valence-electron chi connectivity index (χ4n) is 1.44. The van der Waals surface area contributed by atoms with Crippen LogP contribution < -0.4 is 0 Å². The second-order valence-electron chi connectivity index (χ2n) is 2.68. The van der Waals surface area contributed by atoms with E-state index in [1.807, 2.05) is 0 Å². The summed E-state index contributed by atoms with van der Waals surface area (Å²) in [5.74, 6) is 0.965. The number of hydrogen-bond acceptors (Lipinski definition) is 2. The highest BCUT2D eigenvalue weighted by Gasteiger charge is 2.41. The molecule has 4 heteroatoms. The highest BCUT2D eigenvalue weighted by atomic mass is 32.2. The fraction of sp³-hybridized carbons (Fsp3) is 0.833. The van der Waals surface area contributed by atoms with Crippen LogP contribution in [0.1, 0.15) is 12.8 Å². The van der Waals surface area contributed by atoms with Crippen LogP contribution in [0, 0.1) is 0 Å². The van der Waals surface area contributed by atoms with Gasteiger partial charge in [0.2, 0.25) is 5.91 Å². The Labute approximate surface area is 61.8 Å². The molecule has 2 fully saturated rings. The molecule has 2 heterocycles. The van der Waals surface area contributed by atoms with Gasteiger partial charge in [-0.1, -0.05) is 0 Å². The predicted octanol–water partition coefficient (Wildman–Crippen LogP) is -0.303. The summed E-state index contributed by atoms with van der Waals surface area (Å²) in [7, 11) is -0.744. The summed E-state index contributed by atoms with van der Waals surface area (Å²) in [6.45, 7) is 0.829. The van der Waals surface area contributed by atoms with Gasteiger partial charge in [0.15, 0.2) is 0 Å². The molecule has 2 aliphatic heterocycles. The Morgan fingerprint density at radius 3 is 3.00 bits per heavy atom. The first-order valence-electron chi connectivity index (χ1n) is 3.46. The lowest BCUT2D eigenvalue weighted by molar-refractivity contribution is -0.142. The molecule has 2 saturated heterocycles. The number of carbonyl (C=O) groups is 1. The molecule has 1 unspecified atom stereocenters. The first kappa shape index (κ1) is 6.34. The van der Waals surface area contributed by atoms with E-state index in [-0.39, 0.29) is 11.3 Å². The van der Waals surface area contributed by atoms with Gasteiger partial charge >= 0.3 is 0 Å². The van der Waals surface area contributed by atoms with E-state index in [1.54, 1.807) is 4.90 Å². The Balaban J connectivity index is 2.12. The molecular weight excluding hydrogens is 150 g/mol. The normalized spacial score (nSPS) is 38.8. The minimum Gasteiger partial charge on any atom is -0.327 e. The average molecular weight is 159 g/mol. The third kappa shape index (κ3) is 0.714. The van der Waals surface area contributed by atoms with Crippen molar-refractivity contribution in [2.75, 3.05) is 12.3 Å². The summed E-state index contributed by atoms with van der Waals surface area (Å²) < 4.78 is 11.1. The van der Waals surface area contributed by atoms with Crippen LogP contribution in [-0.2, 0) is 15.6 Å². The third-order valence-electron chi connectivity index (χ3n) is 2.07. The van der Waals surface area contributed by atoms with Crippen LogP contribution in [0.4, 0.5) is 0 Å². The highest BCUT2D eigenvalue weighted by Crippen LogP contribution is 2.26. The molecule has 0 saturated carbocycles. The third-order valence-corrected chi connectivity index (χ3v) is 3.78. The number of nitrogens with zero attached hydrogens (tertiary/aromatic N) is 1. The van der Waals surface area contributed by atoms with Crippen molar-refractivity contribution in [2.24, 2.45) is 0 Å². The molecule has 0 aromatic carbocycles. The van der Waals surface area contributed by atoms with Gasteiger partial charge in [-0.25, -0.2) is 0 Å². The molecule has 0 N–H and O–H groups in total. The van der Waals surface area contributed by atoms with Crippen molar-refractivity contribution < 1.29 is 9.00 Å². The van der Waals surface area contributed by atoms with Crippen molar-refractivity contribution in [1.82, 2.24) is 4.90 Å². The molecule has 0 bridgehead atoms. The maximum Gasteiger partial charge on any atom is 0.226 e. The lowest BCUT2D eigenvalue weighted by Crippen LogP contribution is -2.58. The van der Waals surface area contributed by atoms with Crippen LogP contribution in [0.25, 0.3) is 0 Å². The van der Waals surface area contributed by atoms with E-state index in [4.69, 9.17) is 0 Å². The predicted molar refractivity (Wildman–Crippen MR) is 37.7 cm³/mol. The minimum atomic E-state index is -0.744. The van der Waals surface area contributed by atoms with Crippen LogP contribution in [0.15, 0.2) is 0 Å². The van der Waals surface area contributed by atoms with Gasteiger partial charge in [-0.2, -0.15) is 0 Å². The zero-order valence-electron chi connectivity index (χ0n) is 5.58. The Hall–Kier alpha value is -0.380. The molecule has 0 aliphatic carbocycles. The second-order valence-corrected chi connectivity index (χ2v) is 4.40. The summed E-state index contributed by atoms with van der Waals surface area (Å²) in [4.78, 5) is 12.5. The molecule has 0 aromatic heterocycles. The van der Waals surface area contributed by atoms with Crippen LogP contribution in [0.3, 0.4) is 0 Å². The Kier molecular flexibility index (Phi) is 1.30. The Morgan fingerprint density at radius 1 is 1.60 bits per heavy atom. The van der Waals surface area contributed by atoms with Crippen molar-refractivity contribution in [3.05, 3.63) is 0 Å². The molecule has 0 aromatic rings. The van der Waals surface area contributed by atoms with Gasteiger partial charge in [-0.05, 0) is 6.42 Å². The quantitative estimate of drug-likeness (QED) is 0.455. The minimum absolute atomic E-state index is 0.0845. The zero-order valence-corrected chi connectivity index (χ0v) is 6.39. The molecule has 0 spiro atoms. The molecular formula is C6H9NO2S. The fourth-order valence-corrected chi connectivity index (χ4v) is 2.96. The summed E-state index contributed by atoms with van der Waals surface area (Å²) in [6, 6.07) is 0. The summed E-state index contributed by atoms with van der Waals surface area (Å²) in [6.07, 6.45) is 1.43. The molecule has 56 valence electrons. The van der Waals surface area contributed by atoms with Crippen LogP contribution in [-0.4, -0.2) is 32.7 Å². The van der Waals surface area contributed by atoms with E-state index in [0.29, 0.717) is 6.42 Å².